The van der Waals surface area contributed by atoms with Crippen molar-refractivity contribution in [1.82, 2.24) is 15.1 Å². The Morgan fingerprint density at radius 3 is 2.65 bits per heavy atom. The highest BCUT2D eigenvalue weighted by Gasteiger charge is 2.28. The van der Waals surface area contributed by atoms with Crippen molar-refractivity contribution in [3.63, 3.8) is 0 Å². The van der Waals surface area contributed by atoms with Crippen LogP contribution in [0.5, 0.6) is 0 Å². The summed E-state index contributed by atoms with van der Waals surface area (Å²) in [5, 5.41) is 8.23. The number of thioether (sulfide) groups is 1. The van der Waals surface area contributed by atoms with Crippen molar-refractivity contribution in [2.24, 2.45) is 0 Å². The van der Waals surface area contributed by atoms with Crippen molar-refractivity contribution in [3.8, 4) is 11.5 Å². The molecule has 0 atom stereocenters. The fraction of sp³-hybridized carbons (Fsp3) is 0.333. The van der Waals surface area contributed by atoms with Gasteiger partial charge in [-0.2, -0.15) is 0 Å². The van der Waals surface area contributed by atoms with Gasteiger partial charge in [0, 0.05) is 5.56 Å². The number of nitrogens with zero attached hydrogens (tertiary/aromatic N) is 3. The van der Waals surface area contributed by atoms with E-state index in [1.165, 1.54) is 0 Å². The molecule has 1 aromatic carbocycles. The quantitative estimate of drug-likeness (QED) is 0.794. The molecular weight excluding hydrogens is 318 g/mol. The second kappa shape index (κ2) is 6.41. The van der Waals surface area contributed by atoms with Crippen molar-refractivity contribution in [1.29, 1.82) is 0 Å². The number of carbonyl (C=O) groups excluding carboxylic acids is 2. The van der Waals surface area contributed by atoms with Crippen LogP contribution < -0.4 is 0 Å². The van der Waals surface area contributed by atoms with E-state index in [0.717, 1.165) is 33.4 Å². The fourth-order valence-corrected chi connectivity index (χ4v) is 2.94. The highest BCUT2D eigenvalue weighted by atomic mass is 32.2. The number of rotatable bonds is 4. The first-order chi connectivity index (χ1) is 11.0. The number of amides is 2. The minimum atomic E-state index is -0.600. The summed E-state index contributed by atoms with van der Waals surface area (Å²) in [6.07, 6.45) is -0.600. The van der Waals surface area contributed by atoms with E-state index in [1.54, 1.807) is 0 Å². The van der Waals surface area contributed by atoms with Crippen LogP contribution in [-0.2, 0) is 9.53 Å². The Labute approximate surface area is 137 Å². The number of aromatic nitrogens is 2. The molecule has 0 aliphatic carbocycles. The van der Waals surface area contributed by atoms with Crippen LogP contribution in [0, 0.1) is 13.8 Å². The van der Waals surface area contributed by atoms with Gasteiger partial charge >= 0.3 is 6.09 Å². The lowest BCUT2D eigenvalue weighted by Crippen LogP contribution is -2.32. The van der Waals surface area contributed by atoms with Gasteiger partial charge in [-0.1, -0.05) is 29.0 Å². The molecule has 1 saturated heterocycles. The molecule has 0 N–H and O–H groups in total. The third-order valence-electron chi connectivity index (χ3n) is 3.26. The highest BCUT2D eigenvalue weighted by Crippen LogP contribution is 2.25. The molecule has 1 aliphatic rings. The molecule has 0 saturated carbocycles. The van der Waals surface area contributed by atoms with Gasteiger partial charge in [0.05, 0.1) is 12.3 Å². The Hall–Kier alpha value is -2.35. The van der Waals surface area contributed by atoms with Gasteiger partial charge in [-0.25, -0.2) is 9.69 Å². The van der Waals surface area contributed by atoms with Crippen LogP contribution >= 0.6 is 11.8 Å². The van der Waals surface area contributed by atoms with E-state index in [9.17, 15) is 9.59 Å². The van der Waals surface area contributed by atoms with Crippen molar-refractivity contribution < 1.29 is 18.7 Å². The number of aryl methyl sites for hydroxylation is 2. The van der Waals surface area contributed by atoms with E-state index in [4.69, 9.17) is 9.15 Å². The minimum Gasteiger partial charge on any atom is -0.447 e. The van der Waals surface area contributed by atoms with E-state index >= 15 is 0 Å². The third-order valence-corrected chi connectivity index (χ3v) is 4.06. The Morgan fingerprint density at radius 2 is 2.00 bits per heavy atom. The summed E-state index contributed by atoms with van der Waals surface area (Å²) in [6.45, 7) is 4.52. The summed E-state index contributed by atoms with van der Waals surface area (Å²) >= 11 is 1.10. The first kappa shape index (κ1) is 15.5. The van der Waals surface area contributed by atoms with E-state index < -0.39 is 6.09 Å². The molecule has 0 bridgehead atoms. The Kier molecular flexibility index (Phi) is 4.33. The largest absolute Gasteiger partial charge is 0.447 e. The molecule has 2 heterocycles. The second-order valence-corrected chi connectivity index (χ2v) is 6.12. The van der Waals surface area contributed by atoms with Gasteiger partial charge in [0.15, 0.2) is 0 Å². The van der Waals surface area contributed by atoms with Crippen LogP contribution in [-0.4, -0.2) is 46.0 Å². The molecule has 120 valence electrons. The van der Waals surface area contributed by atoms with E-state index in [2.05, 4.69) is 16.3 Å². The lowest BCUT2D eigenvalue weighted by Gasteiger charge is -2.08. The molecule has 0 unspecified atom stereocenters. The van der Waals surface area contributed by atoms with E-state index in [1.807, 2.05) is 26.0 Å². The van der Waals surface area contributed by atoms with Crippen molar-refractivity contribution in [2.75, 3.05) is 18.9 Å². The molecule has 1 fully saturated rings. The maximum Gasteiger partial charge on any atom is 0.416 e. The Morgan fingerprint density at radius 1 is 1.26 bits per heavy atom. The van der Waals surface area contributed by atoms with Gasteiger partial charge in [-0.05, 0) is 26.0 Å². The SMILES string of the molecule is Cc1cc(C)cc(-c2nnc(SCC(=O)N3CCOC3=O)o2)c1. The maximum atomic E-state index is 11.9. The zero-order chi connectivity index (χ0) is 16.4. The molecule has 8 heteroatoms. The second-order valence-electron chi connectivity index (χ2n) is 5.20. The third kappa shape index (κ3) is 3.53. The summed E-state index contributed by atoms with van der Waals surface area (Å²) in [6, 6.07) is 5.98. The highest BCUT2D eigenvalue weighted by molar-refractivity contribution is 7.99. The Bertz CT molecular complexity index is 739. The van der Waals surface area contributed by atoms with Crippen LogP contribution in [0.25, 0.3) is 11.5 Å². The fourth-order valence-electron chi connectivity index (χ4n) is 2.30. The van der Waals surface area contributed by atoms with Crippen LogP contribution in [0.1, 0.15) is 11.1 Å². The average Bonchev–Trinajstić information content (AvgIpc) is 3.12. The molecule has 1 aromatic heterocycles. The van der Waals surface area contributed by atoms with Gasteiger partial charge < -0.3 is 9.15 Å². The summed E-state index contributed by atoms with van der Waals surface area (Å²) in [5.74, 6) is 0.125. The monoisotopic (exact) mass is 333 g/mol. The maximum absolute atomic E-state index is 11.9. The lowest BCUT2D eigenvalue weighted by molar-refractivity contribution is -0.125. The molecule has 0 spiro atoms. The number of hydrogen-bond donors (Lipinski definition) is 0. The summed E-state index contributed by atoms with van der Waals surface area (Å²) in [5.41, 5.74) is 3.06. The number of imide groups is 1. The van der Waals surface area contributed by atoms with Gasteiger partial charge in [0.2, 0.25) is 11.8 Å². The Balaban J connectivity index is 1.65. The number of benzene rings is 1. The van der Waals surface area contributed by atoms with E-state index in [-0.39, 0.29) is 24.8 Å². The number of carbonyl (C=O) groups is 2. The van der Waals surface area contributed by atoms with Gasteiger partial charge in [-0.15, -0.1) is 10.2 Å². The van der Waals surface area contributed by atoms with Gasteiger partial charge in [0.25, 0.3) is 5.22 Å². The first-order valence-electron chi connectivity index (χ1n) is 7.05. The minimum absolute atomic E-state index is 0.0452. The molecule has 23 heavy (non-hydrogen) atoms. The van der Waals surface area contributed by atoms with Gasteiger partial charge in [-0.3, -0.25) is 4.79 Å². The van der Waals surface area contributed by atoms with Crippen LogP contribution in [0.2, 0.25) is 0 Å². The number of hydrogen-bond acceptors (Lipinski definition) is 7. The normalized spacial score (nSPS) is 14.2. The van der Waals surface area contributed by atoms with E-state index in [0.29, 0.717) is 11.1 Å². The van der Waals surface area contributed by atoms with Crippen molar-refractivity contribution >= 4 is 23.8 Å². The van der Waals surface area contributed by atoms with Crippen molar-refractivity contribution in [2.45, 2.75) is 19.1 Å². The first-order valence-corrected chi connectivity index (χ1v) is 8.03. The zero-order valence-electron chi connectivity index (χ0n) is 12.7. The molecule has 2 aromatic rings. The predicted octanol–water partition coefficient (Wildman–Crippen LogP) is 2.42. The molecule has 3 rings (SSSR count). The van der Waals surface area contributed by atoms with Crippen LogP contribution in [0.15, 0.2) is 27.8 Å². The zero-order valence-corrected chi connectivity index (χ0v) is 13.6. The smallest absolute Gasteiger partial charge is 0.416 e. The standard InChI is InChI=1S/C15H15N3O4S/c1-9-5-10(2)7-11(6-9)13-16-17-14(22-13)23-8-12(19)18-3-4-21-15(18)20/h5-7H,3-4,8H2,1-2H3. The summed E-state index contributed by atoms with van der Waals surface area (Å²) < 4.78 is 10.3. The molecule has 2 amide bonds. The molecule has 0 radical (unpaired) electrons. The number of ether oxygens (including phenoxy) is 1. The van der Waals surface area contributed by atoms with Crippen molar-refractivity contribution in [3.05, 3.63) is 29.3 Å². The summed E-state index contributed by atoms with van der Waals surface area (Å²) in [4.78, 5) is 24.3. The topological polar surface area (TPSA) is 85.5 Å². The summed E-state index contributed by atoms with van der Waals surface area (Å²) in [7, 11) is 0. The molecule has 1 aliphatic heterocycles. The van der Waals surface area contributed by atoms with Crippen LogP contribution in [0.4, 0.5) is 4.79 Å². The van der Waals surface area contributed by atoms with Crippen LogP contribution in [0.3, 0.4) is 0 Å². The molecule has 7 nitrogen and oxygen atoms in total. The number of cyclic esters (lactones) is 1. The lowest BCUT2D eigenvalue weighted by atomic mass is 10.1. The van der Waals surface area contributed by atoms with Gasteiger partial charge in [0.1, 0.15) is 6.61 Å². The average molecular weight is 333 g/mol. The molecular formula is C15H15N3O4S. The predicted molar refractivity (Wildman–Crippen MR) is 83.0 cm³/mol.